The van der Waals surface area contributed by atoms with Gasteiger partial charge in [0.2, 0.25) is 0 Å². The Balaban J connectivity index is 0.000000211. The first kappa shape index (κ1) is 26.2. The average molecular weight is 648 g/mol. The Morgan fingerprint density at radius 1 is 0.833 bits per heavy atom. The number of fused-ring (bicyclic) bond motifs is 2. The first-order chi connectivity index (χ1) is 17.3. The summed E-state index contributed by atoms with van der Waals surface area (Å²) in [4.78, 5) is 20.3. The number of nitrogens with zero attached hydrogens (tertiary/aromatic N) is 2. The molecule has 0 aliphatic carbocycles. The summed E-state index contributed by atoms with van der Waals surface area (Å²) in [7, 11) is 0. The van der Waals surface area contributed by atoms with E-state index in [1.54, 1.807) is 43.0 Å². The van der Waals surface area contributed by atoms with Gasteiger partial charge in [-0.25, -0.2) is 4.79 Å². The highest BCUT2D eigenvalue weighted by molar-refractivity contribution is 9.11. The Labute approximate surface area is 234 Å². The molecule has 0 aliphatic heterocycles. The summed E-state index contributed by atoms with van der Waals surface area (Å²) in [5, 5.41) is 10.6. The number of anilines is 2. The second kappa shape index (κ2) is 11.9. The van der Waals surface area contributed by atoms with Crippen molar-refractivity contribution in [1.29, 1.82) is 0 Å². The van der Waals surface area contributed by atoms with E-state index in [1.165, 1.54) is 0 Å². The van der Waals surface area contributed by atoms with Crippen LogP contribution in [0.4, 0.5) is 16.2 Å². The van der Waals surface area contributed by atoms with Crippen molar-refractivity contribution in [3.8, 4) is 0 Å². The Morgan fingerprint density at radius 3 is 2.14 bits per heavy atom. The zero-order valence-electron chi connectivity index (χ0n) is 18.6. The summed E-state index contributed by atoms with van der Waals surface area (Å²) in [6, 6.07) is 16.1. The van der Waals surface area contributed by atoms with Crippen molar-refractivity contribution in [3.63, 3.8) is 0 Å². The molecule has 0 aliphatic rings. The number of nitrogens with two attached hydrogens (primary N) is 1. The SMILES string of the molecule is Nc1ccc(Br)c2cnccc12.O=C(NCc1ccc(Cl)cc1Cl)Nc1ccc(Br)c2cnccc12. The van der Waals surface area contributed by atoms with Gasteiger partial charge in [0.05, 0.1) is 5.69 Å². The van der Waals surface area contributed by atoms with Crippen LogP contribution in [0.15, 0.2) is 88.3 Å². The fourth-order valence-electron chi connectivity index (χ4n) is 3.45. The van der Waals surface area contributed by atoms with Crippen LogP contribution in [0.5, 0.6) is 0 Å². The zero-order valence-corrected chi connectivity index (χ0v) is 23.3. The van der Waals surface area contributed by atoms with Crippen molar-refractivity contribution >= 4 is 94.0 Å². The van der Waals surface area contributed by atoms with Crippen molar-refractivity contribution in [2.24, 2.45) is 0 Å². The second-order valence-electron chi connectivity index (χ2n) is 7.62. The molecule has 3 aromatic carbocycles. The molecule has 4 N–H and O–H groups in total. The molecule has 0 saturated heterocycles. The molecule has 10 heteroatoms. The molecule has 0 fully saturated rings. The van der Waals surface area contributed by atoms with Crippen LogP contribution in [0, 0.1) is 0 Å². The molecule has 2 aromatic heterocycles. The maximum atomic E-state index is 12.2. The van der Waals surface area contributed by atoms with E-state index in [1.807, 2.05) is 36.4 Å². The molecular formula is C26H19Br2Cl2N5O. The van der Waals surface area contributed by atoms with Crippen molar-refractivity contribution in [1.82, 2.24) is 15.3 Å². The molecule has 36 heavy (non-hydrogen) atoms. The van der Waals surface area contributed by atoms with Crippen molar-refractivity contribution < 1.29 is 4.79 Å². The maximum Gasteiger partial charge on any atom is 0.319 e. The number of nitrogen functional groups attached to an aromatic ring is 1. The fourth-order valence-corrected chi connectivity index (χ4v) is 4.82. The first-order valence-corrected chi connectivity index (χ1v) is 13.0. The van der Waals surface area contributed by atoms with E-state index in [0.29, 0.717) is 22.3 Å². The van der Waals surface area contributed by atoms with E-state index in [9.17, 15) is 4.79 Å². The lowest BCUT2D eigenvalue weighted by molar-refractivity contribution is 0.252. The van der Waals surface area contributed by atoms with Crippen LogP contribution in [-0.2, 0) is 6.54 Å². The van der Waals surface area contributed by atoms with Gasteiger partial charge in [-0.15, -0.1) is 0 Å². The minimum Gasteiger partial charge on any atom is -0.398 e. The van der Waals surface area contributed by atoms with Gasteiger partial charge in [0.1, 0.15) is 0 Å². The lowest BCUT2D eigenvalue weighted by Gasteiger charge is -2.11. The van der Waals surface area contributed by atoms with Crippen LogP contribution in [0.2, 0.25) is 10.0 Å². The summed E-state index contributed by atoms with van der Waals surface area (Å²) in [6.07, 6.45) is 6.97. The van der Waals surface area contributed by atoms with Gasteiger partial charge < -0.3 is 16.4 Å². The summed E-state index contributed by atoms with van der Waals surface area (Å²) < 4.78 is 1.95. The van der Waals surface area contributed by atoms with Crippen LogP contribution >= 0.6 is 55.1 Å². The third-order valence-electron chi connectivity index (χ3n) is 5.27. The number of rotatable bonds is 3. The van der Waals surface area contributed by atoms with E-state index in [4.69, 9.17) is 28.9 Å². The fraction of sp³-hybridized carbons (Fsp3) is 0.0385. The van der Waals surface area contributed by atoms with Gasteiger partial charge in [0.15, 0.2) is 0 Å². The number of carbonyl (C=O) groups is 1. The number of pyridine rings is 2. The van der Waals surface area contributed by atoms with Crippen LogP contribution in [0.3, 0.4) is 0 Å². The summed E-state index contributed by atoms with van der Waals surface area (Å²) in [6.45, 7) is 0.303. The molecule has 182 valence electrons. The molecule has 0 spiro atoms. The molecule has 0 radical (unpaired) electrons. The topological polar surface area (TPSA) is 92.9 Å². The van der Waals surface area contributed by atoms with Gasteiger partial charge in [0, 0.05) is 77.6 Å². The van der Waals surface area contributed by atoms with Gasteiger partial charge in [-0.3, -0.25) is 9.97 Å². The lowest BCUT2D eigenvalue weighted by Crippen LogP contribution is -2.28. The Morgan fingerprint density at radius 2 is 1.47 bits per heavy atom. The molecule has 2 amide bonds. The number of halogens is 4. The van der Waals surface area contributed by atoms with Gasteiger partial charge in [-0.2, -0.15) is 0 Å². The molecule has 0 saturated carbocycles. The van der Waals surface area contributed by atoms with E-state index in [0.717, 1.165) is 41.7 Å². The molecule has 0 atom stereocenters. The number of urea groups is 1. The van der Waals surface area contributed by atoms with Crippen molar-refractivity contribution in [2.75, 3.05) is 11.1 Å². The average Bonchev–Trinajstić information content (AvgIpc) is 2.88. The Hall–Kier alpha value is -2.91. The largest absolute Gasteiger partial charge is 0.398 e. The zero-order chi connectivity index (χ0) is 25.7. The van der Waals surface area contributed by atoms with Gasteiger partial charge >= 0.3 is 6.03 Å². The molecule has 6 nitrogen and oxygen atoms in total. The van der Waals surface area contributed by atoms with Crippen molar-refractivity contribution in [3.05, 3.63) is 104 Å². The van der Waals surface area contributed by atoms with E-state index in [-0.39, 0.29) is 6.03 Å². The minimum absolute atomic E-state index is 0.303. The third kappa shape index (κ3) is 6.25. The van der Waals surface area contributed by atoms with E-state index < -0.39 is 0 Å². The minimum atomic E-state index is -0.318. The predicted molar refractivity (Wildman–Crippen MR) is 156 cm³/mol. The molecule has 5 aromatic rings. The number of aromatic nitrogens is 2. The Bertz CT molecular complexity index is 1520. The number of amides is 2. The maximum absolute atomic E-state index is 12.2. The quantitative estimate of drug-likeness (QED) is 0.172. The number of carbonyl (C=O) groups excluding carboxylic acids is 1. The van der Waals surface area contributed by atoms with Gasteiger partial charge in [0.25, 0.3) is 0 Å². The van der Waals surface area contributed by atoms with Crippen LogP contribution < -0.4 is 16.4 Å². The molecule has 5 rings (SSSR count). The highest BCUT2D eigenvalue weighted by Crippen LogP contribution is 2.29. The van der Waals surface area contributed by atoms with E-state index in [2.05, 4.69) is 52.5 Å². The van der Waals surface area contributed by atoms with E-state index >= 15 is 0 Å². The van der Waals surface area contributed by atoms with Crippen LogP contribution in [-0.4, -0.2) is 16.0 Å². The first-order valence-electron chi connectivity index (χ1n) is 10.6. The normalized spacial score (nSPS) is 10.6. The van der Waals surface area contributed by atoms with Crippen LogP contribution in [0.25, 0.3) is 21.5 Å². The monoisotopic (exact) mass is 645 g/mol. The lowest BCUT2D eigenvalue weighted by atomic mass is 10.1. The highest BCUT2D eigenvalue weighted by Gasteiger charge is 2.09. The highest BCUT2D eigenvalue weighted by atomic mass is 79.9. The molecule has 0 bridgehead atoms. The smallest absolute Gasteiger partial charge is 0.319 e. The molecule has 0 unspecified atom stereocenters. The number of nitrogens with one attached hydrogen (secondary N) is 2. The second-order valence-corrected chi connectivity index (χ2v) is 10.2. The number of hydrogen-bond donors (Lipinski definition) is 3. The standard InChI is InChI=1S/C17H12BrCl2N3O.C9H7BrN2/c18-14-3-4-16(12-5-6-21-9-13(12)14)23-17(24)22-8-10-1-2-11(19)7-15(10)20;10-8-1-2-9(11)6-3-4-12-5-7(6)8/h1-7,9H,8H2,(H2,22,23,24);1-5H,11H2. The van der Waals surface area contributed by atoms with Crippen molar-refractivity contribution in [2.45, 2.75) is 6.54 Å². The number of benzene rings is 3. The van der Waals surface area contributed by atoms with Gasteiger partial charge in [-0.1, -0.05) is 61.1 Å². The summed E-state index contributed by atoms with van der Waals surface area (Å²) in [5.41, 5.74) is 8.06. The van der Waals surface area contributed by atoms with Crippen LogP contribution in [0.1, 0.15) is 5.56 Å². The number of hydrogen-bond acceptors (Lipinski definition) is 4. The summed E-state index contributed by atoms with van der Waals surface area (Å²) >= 11 is 18.9. The third-order valence-corrected chi connectivity index (χ3v) is 7.24. The Kier molecular flexibility index (Phi) is 8.64. The van der Waals surface area contributed by atoms with Gasteiger partial charge in [-0.05, 0) is 54.1 Å². The predicted octanol–water partition coefficient (Wildman–Crippen LogP) is 8.21. The molecular weight excluding hydrogens is 629 g/mol. The molecule has 2 heterocycles. The summed E-state index contributed by atoms with van der Waals surface area (Å²) in [5.74, 6) is 0.